The van der Waals surface area contributed by atoms with Crippen molar-refractivity contribution in [3.8, 4) is 0 Å². The molecule has 0 saturated heterocycles. The number of halogens is 1. The zero-order chi connectivity index (χ0) is 12.1. The standard InChI is InChI=1S/C12H16FNO2/c1-3-16-12(15)11(14)7-9-5-4-8(2)10(13)6-9/h4-6,11H,3,7,14H2,1-2H3. The van der Waals surface area contributed by atoms with E-state index >= 15 is 0 Å². The molecule has 3 nitrogen and oxygen atoms in total. The Morgan fingerprint density at radius 2 is 2.25 bits per heavy atom. The summed E-state index contributed by atoms with van der Waals surface area (Å²) in [5, 5.41) is 0. The van der Waals surface area contributed by atoms with E-state index in [1.165, 1.54) is 6.07 Å². The number of ether oxygens (including phenoxy) is 1. The maximum Gasteiger partial charge on any atom is 0.323 e. The van der Waals surface area contributed by atoms with Gasteiger partial charge >= 0.3 is 5.97 Å². The summed E-state index contributed by atoms with van der Waals surface area (Å²) in [6, 6.07) is 4.09. The first-order valence-corrected chi connectivity index (χ1v) is 5.21. The molecular weight excluding hydrogens is 209 g/mol. The third kappa shape index (κ3) is 3.31. The fourth-order valence-electron chi connectivity index (χ4n) is 1.35. The summed E-state index contributed by atoms with van der Waals surface area (Å²) < 4.78 is 18.0. The molecule has 0 spiro atoms. The van der Waals surface area contributed by atoms with Gasteiger partial charge in [-0.15, -0.1) is 0 Å². The number of hydrogen-bond acceptors (Lipinski definition) is 3. The van der Waals surface area contributed by atoms with Crippen LogP contribution in [-0.4, -0.2) is 18.6 Å². The van der Waals surface area contributed by atoms with Gasteiger partial charge in [-0.3, -0.25) is 4.79 Å². The molecule has 0 heterocycles. The van der Waals surface area contributed by atoms with Crippen LogP contribution in [0.2, 0.25) is 0 Å². The van der Waals surface area contributed by atoms with Crippen molar-refractivity contribution in [1.29, 1.82) is 0 Å². The van der Waals surface area contributed by atoms with Crippen LogP contribution in [-0.2, 0) is 16.0 Å². The number of aryl methyl sites for hydroxylation is 1. The molecule has 0 saturated carbocycles. The molecule has 1 unspecified atom stereocenters. The topological polar surface area (TPSA) is 52.3 Å². The summed E-state index contributed by atoms with van der Waals surface area (Å²) in [6.45, 7) is 3.70. The fourth-order valence-corrected chi connectivity index (χ4v) is 1.35. The van der Waals surface area contributed by atoms with Gasteiger partial charge in [0.05, 0.1) is 6.61 Å². The first-order chi connectivity index (χ1) is 7.54. The van der Waals surface area contributed by atoms with Gasteiger partial charge in [0.15, 0.2) is 0 Å². The van der Waals surface area contributed by atoms with Crippen molar-refractivity contribution in [3.63, 3.8) is 0 Å². The number of carbonyl (C=O) groups is 1. The van der Waals surface area contributed by atoms with Gasteiger partial charge in [-0.25, -0.2) is 4.39 Å². The van der Waals surface area contributed by atoms with Crippen LogP contribution in [0.15, 0.2) is 18.2 Å². The van der Waals surface area contributed by atoms with E-state index in [1.807, 2.05) is 0 Å². The zero-order valence-electron chi connectivity index (χ0n) is 9.50. The Morgan fingerprint density at radius 3 is 2.81 bits per heavy atom. The molecule has 4 heteroatoms. The molecule has 1 rings (SSSR count). The SMILES string of the molecule is CCOC(=O)C(N)Cc1ccc(C)c(F)c1. The average Bonchev–Trinajstić information content (AvgIpc) is 2.24. The highest BCUT2D eigenvalue weighted by atomic mass is 19.1. The molecule has 2 N–H and O–H groups in total. The highest BCUT2D eigenvalue weighted by Crippen LogP contribution is 2.10. The van der Waals surface area contributed by atoms with Gasteiger partial charge in [-0.1, -0.05) is 12.1 Å². The number of esters is 1. The van der Waals surface area contributed by atoms with Gasteiger partial charge < -0.3 is 10.5 Å². The quantitative estimate of drug-likeness (QED) is 0.791. The lowest BCUT2D eigenvalue weighted by atomic mass is 10.0. The van der Waals surface area contributed by atoms with Crippen molar-refractivity contribution >= 4 is 5.97 Å². The van der Waals surface area contributed by atoms with E-state index in [1.54, 1.807) is 26.0 Å². The van der Waals surface area contributed by atoms with E-state index in [4.69, 9.17) is 10.5 Å². The summed E-state index contributed by atoms with van der Waals surface area (Å²) in [5.74, 6) is -0.739. The van der Waals surface area contributed by atoms with Crippen molar-refractivity contribution in [3.05, 3.63) is 35.1 Å². The molecule has 0 amide bonds. The van der Waals surface area contributed by atoms with Crippen LogP contribution >= 0.6 is 0 Å². The van der Waals surface area contributed by atoms with Crippen LogP contribution in [0, 0.1) is 12.7 Å². The maximum absolute atomic E-state index is 13.2. The fraction of sp³-hybridized carbons (Fsp3) is 0.417. The third-order valence-electron chi connectivity index (χ3n) is 2.28. The lowest BCUT2D eigenvalue weighted by Crippen LogP contribution is -2.34. The average molecular weight is 225 g/mol. The summed E-state index contributed by atoms with van der Waals surface area (Å²) in [6.07, 6.45) is 0.288. The van der Waals surface area contributed by atoms with Crippen LogP contribution in [0.1, 0.15) is 18.1 Å². The molecular formula is C12H16FNO2. The minimum Gasteiger partial charge on any atom is -0.465 e. The molecule has 0 aliphatic carbocycles. The maximum atomic E-state index is 13.2. The monoisotopic (exact) mass is 225 g/mol. The number of benzene rings is 1. The minimum atomic E-state index is -0.734. The summed E-state index contributed by atoms with van der Waals surface area (Å²) >= 11 is 0. The largest absolute Gasteiger partial charge is 0.465 e. The van der Waals surface area contributed by atoms with E-state index in [0.717, 1.165) is 0 Å². The predicted molar refractivity (Wildman–Crippen MR) is 59.4 cm³/mol. The highest BCUT2D eigenvalue weighted by Gasteiger charge is 2.15. The molecule has 1 atom stereocenters. The number of rotatable bonds is 4. The normalized spacial score (nSPS) is 12.2. The Kier molecular flexibility index (Phi) is 4.43. The van der Waals surface area contributed by atoms with Gasteiger partial charge in [-0.2, -0.15) is 0 Å². The molecule has 0 radical (unpaired) electrons. The smallest absolute Gasteiger partial charge is 0.323 e. The lowest BCUT2D eigenvalue weighted by molar-refractivity contribution is -0.144. The number of carbonyl (C=O) groups excluding carboxylic acids is 1. The van der Waals surface area contributed by atoms with Crippen LogP contribution in [0.3, 0.4) is 0 Å². The third-order valence-corrected chi connectivity index (χ3v) is 2.28. The summed E-state index contributed by atoms with van der Waals surface area (Å²) in [4.78, 5) is 11.3. The number of hydrogen-bond donors (Lipinski definition) is 1. The van der Waals surface area contributed by atoms with Gasteiger partial charge in [0.2, 0.25) is 0 Å². The lowest BCUT2D eigenvalue weighted by Gasteiger charge is -2.10. The molecule has 1 aromatic rings. The van der Waals surface area contributed by atoms with Gasteiger partial charge in [0.25, 0.3) is 0 Å². The second-order valence-electron chi connectivity index (χ2n) is 3.65. The highest BCUT2D eigenvalue weighted by molar-refractivity contribution is 5.75. The molecule has 0 fully saturated rings. The van der Waals surface area contributed by atoms with Crippen molar-refractivity contribution in [2.45, 2.75) is 26.3 Å². The Balaban J connectivity index is 2.66. The van der Waals surface area contributed by atoms with E-state index in [2.05, 4.69) is 0 Å². The number of nitrogens with two attached hydrogens (primary N) is 1. The van der Waals surface area contributed by atoms with Crippen molar-refractivity contribution in [2.75, 3.05) is 6.61 Å². The predicted octanol–water partition coefficient (Wildman–Crippen LogP) is 1.57. The van der Waals surface area contributed by atoms with Gasteiger partial charge in [-0.05, 0) is 37.5 Å². The van der Waals surface area contributed by atoms with E-state index in [9.17, 15) is 9.18 Å². The van der Waals surface area contributed by atoms with Crippen LogP contribution in [0.5, 0.6) is 0 Å². The van der Waals surface area contributed by atoms with Crippen LogP contribution in [0.25, 0.3) is 0 Å². The molecule has 0 aliphatic heterocycles. The van der Waals surface area contributed by atoms with E-state index in [0.29, 0.717) is 17.7 Å². The first-order valence-electron chi connectivity index (χ1n) is 5.21. The van der Waals surface area contributed by atoms with E-state index < -0.39 is 12.0 Å². The molecule has 0 aliphatic rings. The summed E-state index contributed by atoms with van der Waals surface area (Å²) in [7, 11) is 0. The molecule has 0 aromatic heterocycles. The Bertz CT molecular complexity index is 379. The second-order valence-corrected chi connectivity index (χ2v) is 3.65. The van der Waals surface area contributed by atoms with Crippen molar-refractivity contribution < 1.29 is 13.9 Å². The molecule has 16 heavy (non-hydrogen) atoms. The van der Waals surface area contributed by atoms with Crippen molar-refractivity contribution in [1.82, 2.24) is 0 Å². The molecule has 88 valence electrons. The van der Waals surface area contributed by atoms with Crippen LogP contribution in [0.4, 0.5) is 4.39 Å². The molecule has 1 aromatic carbocycles. The second kappa shape index (κ2) is 5.61. The molecule has 0 bridgehead atoms. The zero-order valence-corrected chi connectivity index (χ0v) is 9.50. The Hall–Kier alpha value is -1.42. The minimum absolute atomic E-state index is 0.284. The first kappa shape index (κ1) is 12.6. The van der Waals surface area contributed by atoms with Gasteiger partial charge in [0.1, 0.15) is 11.9 Å². The van der Waals surface area contributed by atoms with Crippen LogP contribution < -0.4 is 5.73 Å². The van der Waals surface area contributed by atoms with E-state index in [-0.39, 0.29) is 12.2 Å². The Morgan fingerprint density at radius 1 is 1.56 bits per heavy atom. The summed E-state index contributed by atoms with van der Waals surface area (Å²) in [5.41, 5.74) is 6.90. The Labute approximate surface area is 94.4 Å². The van der Waals surface area contributed by atoms with Crippen molar-refractivity contribution in [2.24, 2.45) is 5.73 Å². The van der Waals surface area contributed by atoms with Gasteiger partial charge in [0, 0.05) is 0 Å².